The van der Waals surface area contributed by atoms with E-state index >= 15 is 0 Å². The third-order valence-electron chi connectivity index (χ3n) is 4.77. The summed E-state index contributed by atoms with van der Waals surface area (Å²) in [5.74, 6) is 1.09. The zero-order valence-electron chi connectivity index (χ0n) is 17.5. The zero-order chi connectivity index (χ0) is 21.2. The molecule has 0 aromatic heterocycles. The molecule has 0 saturated heterocycles. The minimum atomic E-state index is -0.0973. The summed E-state index contributed by atoms with van der Waals surface area (Å²) in [6.45, 7) is 7.42. The number of amides is 1. The number of aliphatic imine (C=N–C) groups is 1. The first-order valence-corrected chi connectivity index (χ1v) is 10.6. The van der Waals surface area contributed by atoms with E-state index in [1.54, 1.807) is 19.2 Å². The maximum Gasteiger partial charge on any atom is 0.251 e. The first kappa shape index (κ1) is 23.1. The van der Waals surface area contributed by atoms with Crippen molar-refractivity contribution < 1.29 is 9.53 Å². The second-order valence-corrected chi connectivity index (χ2v) is 8.10. The number of hydrogen-bond donors (Lipinski definition) is 2. The molecule has 0 aliphatic heterocycles. The van der Waals surface area contributed by atoms with E-state index in [9.17, 15) is 4.79 Å². The van der Waals surface area contributed by atoms with Gasteiger partial charge in [-0.1, -0.05) is 41.9 Å². The maximum atomic E-state index is 12.6. The Bertz CT molecular complexity index is 806. The molecule has 5 nitrogen and oxygen atoms in total. The van der Waals surface area contributed by atoms with E-state index in [4.69, 9.17) is 4.74 Å². The quantitative estimate of drug-likeness (QED) is 0.508. The Labute approximate surface area is 182 Å². The fourth-order valence-corrected chi connectivity index (χ4v) is 3.23. The van der Waals surface area contributed by atoms with Crippen molar-refractivity contribution in [2.75, 3.05) is 20.2 Å². The Morgan fingerprint density at radius 1 is 1.21 bits per heavy atom. The molecule has 0 fully saturated rings. The van der Waals surface area contributed by atoms with Crippen molar-refractivity contribution in [2.24, 2.45) is 10.9 Å². The lowest BCUT2D eigenvalue weighted by atomic mass is 10.00. The molecule has 0 saturated carbocycles. The summed E-state index contributed by atoms with van der Waals surface area (Å²) in [7, 11) is 1.66. The van der Waals surface area contributed by atoms with Crippen LogP contribution in [0.1, 0.15) is 42.7 Å². The summed E-state index contributed by atoms with van der Waals surface area (Å²) in [6, 6.07) is 15.4. The largest absolute Gasteiger partial charge is 0.497 e. The van der Waals surface area contributed by atoms with Gasteiger partial charge in [0.25, 0.3) is 5.91 Å². The summed E-state index contributed by atoms with van der Waals surface area (Å²) < 4.78 is 6.33. The van der Waals surface area contributed by atoms with Crippen LogP contribution in [0.5, 0.6) is 5.75 Å². The van der Waals surface area contributed by atoms with Gasteiger partial charge in [-0.2, -0.15) is 0 Å². The smallest absolute Gasteiger partial charge is 0.251 e. The summed E-state index contributed by atoms with van der Waals surface area (Å²) in [4.78, 5) is 17.0. The Hall–Kier alpha value is -2.18. The summed E-state index contributed by atoms with van der Waals surface area (Å²) in [6.07, 6.45) is 1.83. The molecular formula is C23H30BrN3O2. The molecule has 1 amide bonds. The number of ether oxygens (including phenoxy) is 1. The van der Waals surface area contributed by atoms with Gasteiger partial charge in [0.2, 0.25) is 0 Å². The highest BCUT2D eigenvalue weighted by molar-refractivity contribution is 9.10. The van der Waals surface area contributed by atoms with Crippen LogP contribution >= 0.6 is 15.9 Å². The van der Waals surface area contributed by atoms with Crippen molar-refractivity contribution in [3.05, 3.63) is 64.1 Å². The molecule has 0 heterocycles. The van der Waals surface area contributed by atoms with Crippen LogP contribution in [0.3, 0.4) is 0 Å². The first-order valence-electron chi connectivity index (χ1n) is 9.82. The van der Waals surface area contributed by atoms with Crippen LogP contribution < -0.4 is 15.4 Å². The second kappa shape index (κ2) is 11.7. The van der Waals surface area contributed by atoms with Crippen LogP contribution in [0.4, 0.5) is 0 Å². The molecule has 1 unspecified atom stereocenters. The highest BCUT2D eigenvalue weighted by Gasteiger charge is 2.21. The van der Waals surface area contributed by atoms with Gasteiger partial charge in [0.15, 0.2) is 0 Å². The number of rotatable bonds is 10. The minimum absolute atomic E-state index is 0.0658. The number of hydrogen-bond acceptors (Lipinski definition) is 4. The van der Waals surface area contributed by atoms with Gasteiger partial charge in [0, 0.05) is 22.6 Å². The maximum absolute atomic E-state index is 12.6. The van der Waals surface area contributed by atoms with Gasteiger partial charge in [-0.25, -0.2) is 0 Å². The Balaban J connectivity index is 2.18. The lowest BCUT2D eigenvalue weighted by Gasteiger charge is -2.28. The standard InChI is InChI=1S/C23H30BrN3O2/c1-5-25-14-21(16(2)3)27-22(18-7-6-8-20(13-18)29-4)15-26-23(28)17-9-11-19(24)12-10-17/h5-13,16,21-22,27H,14-15H2,1-4H3,(H,26,28)/b25-5-/t21-,22?/m1/s1. The molecule has 0 bridgehead atoms. The van der Waals surface area contributed by atoms with Crippen LogP contribution in [-0.4, -0.2) is 38.4 Å². The van der Waals surface area contributed by atoms with E-state index in [-0.39, 0.29) is 18.0 Å². The van der Waals surface area contributed by atoms with Crippen molar-refractivity contribution in [1.29, 1.82) is 0 Å². The summed E-state index contributed by atoms with van der Waals surface area (Å²) in [5, 5.41) is 6.74. The van der Waals surface area contributed by atoms with Crippen molar-refractivity contribution in [3.63, 3.8) is 0 Å². The molecule has 0 radical (unpaired) electrons. The fraction of sp³-hybridized carbons (Fsp3) is 0.391. The highest BCUT2D eigenvalue weighted by Crippen LogP contribution is 2.21. The van der Waals surface area contributed by atoms with Gasteiger partial charge < -0.3 is 15.4 Å². The number of nitrogens with one attached hydrogen (secondary N) is 2. The second-order valence-electron chi connectivity index (χ2n) is 7.19. The van der Waals surface area contributed by atoms with Gasteiger partial charge in [-0.15, -0.1) is 0 Å². The SMILES string of the molecule is C/C=N\C[C@@H](NC(CNC(=O)c1ccc(Br)cc1)c1cccc(OC)c1)C(C)C. The van der Waals surface area contributed by atoms with Crippen LogP contribution in [0.25, 0.3) is 0 Å². The van der Waals surface area contributed by atoms with Crippen molar-refractivity contribution in [2.45, 2.75) is 32.9 Å². The predicted octanol–water partition coefficient (Wildman–Crippen LogP) is 4.63. The van der Waals surface area contributed by atoms with E-state index in [0.717, 1.165) is 15.8 Å². The molecule has 29 heavy (non-hydrogen) atoms. The molecule has 0 aliphatic rings. The van der Waals surface area contributed by atoms with Gasteiger partial charge in [0.1, 0.15) is 5.75 Å². The van der Waals surface area contributed by atoms with E-state index in [0.29, 0.717) is 24.6 Å². The highest BCUT2D eigenvalue weighted by atomic mass is 79.9. The van der Waals surface area contributed by atoms with Crippen LogP contribution in [0.15, 0.2) is 58.0 Å². The normalized spacial score (nSPS) is 13.4. The molecule has 2 rings (SSSR count). The lowest BCUT2D eigenvalue weighted by molar-refractivity contribution is 0.0948. The third kappa shape index (κ3) is 7.29. The average Bonchev–Trinajstić information content (AvgIpc) is 2.73. The predicted molar refractivity (Wildman–Crippen MR) is 123 cm³/mol. The number of carbonyl (C=O) groups excluding carboxylic acids is 1. The molecule has 0 aliphatic carbocycles. The topological polar surface area (TPSA) is 62.7 Å². The minimum Gasteiger partial charge on any atom is -0.497 e. The van der Waals surface area contributed by atoms with Gasteiger partial charge in [-0.3, -0.25) is 9.79 Å². The lowest BCUT2D eigenvalue weighted by Crippen LogP contribution is -2.43. The Morgan fingerprint density at radius 3 is 2.55 bits per heavy atom. The van der Waals surface area contributed by atoms with Crippen molar-refractivity contribution in [3.8, 4) is 5.75 Å². The Morgan fingerprint density at radius 2 is 1.93 bits per heavy atom. The fourth-order valence-electron chi connectivity index (χ4n) is 2.96. The zero-order valence-corrected chi connectivity index (χ0v) is 19.1. The monoisotopic (exact) mass is 459 g/mol. The molecule has 2 aromatic rings. The molecule has 2 atom stereocenters. The molecule has 2 N–H and O–H groups in total. The van der Waals surface area contributed by atoms with E-state index < -0.39 is 0 Å². The molecule has 2 aromatic carbocycles. The average molecular weight is 460 g/mol. The van der Waals surface area contributed by atoms with Gasteiger partial charge in [-0.05, 0) is 61.0 Å². The third-order valence-corrected chi connectivity index (χ3v) is 5.30. The van der Waals surface area contributed by atoms with Gasteiger partial charge in [0.05, 0.1) is 19.7 Å². The Kier molecular flexibility index (Phi) is 9.35. The van der Waals surface area contributed by atoms with Crippen molar-refractivity contribution >= 4 is 28.1 Å². The van der Waals surface area contributed by atoms with Crippen LogP contribution in [0, 0.1) is 5.92 Å². The van der Waals surface area contributed by atoms with Gasteiger partial charge >= 0.3 is 0 Å². The number of methoxy groups -OCH3 is 1. The molecule has 0 spiro atoms. The molecule has 156 valence electrons. The number of halogens is 1. The van der Waals surface area contributed by atoms with E-state index in [1.807, 2.05) is 49.5 Å². The number of benzene rings is 2. The van der Waals surface area contributed by atoms with Crippen molar-refractivity contribution in [1.82, 2.24) is 10.6 Å². The van der Waals surface area contributed by atoms with Crippen LogP contribution in [-0.2, 0) is 0 Å². The first-order chi connectivity index (χ1) is 13.9. The van der Waals surface area contributed by atoms with E-state index in [2.05, 4.69) is 45.4 Å². The van der Waals surface area contributed by atoms with E-state index in [1.165, 1.54) is 0 Å². The molecular weight excluding hydrogens is 430 g/mol. The summed E-state index contributed by atoms with van der Waals surface area (Å²) >= 11 is 3.40. The van der Waals surface area contributed by atoms with Crippen LogP contribution in [0.2, 0.25) is 0 Å². The summed E-state index contributed by atoms with van der Waals surface area (Å²) in [5.41, 5.74) is 1.69. The number of carbonyl (C=O) groups is 1. The molecule has 6 heteroatoms. The number of nitrogens with zero attached hydrogens (tertiary/aromatic N) is 1.